The molecule has 1 aliphatic heterocycles. The summed E-state index contributed by atoms with van der Waals surface area (Å²) < 4.78 is 4.98. The van der Waals surface area contributed by atoms with Gasteiger partial charge in [0.25, 0.3) is 5.91 Å². The van der Waals surface area contributed by atoms with Crippen molar-refractivity contribution in [2.24, 2.45) is 0 Å². The summed E-state index contributed by atoms with van der Waals surface area (Å²) >= 11 is 5.88. The molecule has 1 fully saturated rings. The lowest BCUT2D eigenvalue weighted by Crippen LogP contribution is -2.38. The lowest BCUT2D eigenvalue weighted by Gasteiger charge is -2.17. The summed E-state index contributed by atoms with van der Waals surface area (Å²) in [7, 11) is 0. The van der Waals surface area contributed by atoms with Crippen LogP contribution in [0.5, 0.6) is 0 Å². The number of amides is 3. The van der Waals surface area contributed by atoms with E-state index in [0.29, 0.717) is 10.7 Å². The molecule has 1 aromatic carbocycles. The summed E-state index contributed by atoms with van der Waals surface area (Å²) in [6.45, 7) is 2.72. The van der Waals surface area contributed by atoms with Crippen LogP contribution in [0.2, 0.25) is 5.02 Å². The fourth-order valence-electron chi connectivity index (χ4n) is 2.18. The van der Waals surface area contributed by atoms with E-state index in [9.17, 15) is 19.2 Å². The zero-order valence-corrected chi connectivity index (χ0v) is 14.1. The normalized spacial score (nSPS) is 15.4. The minimum atomic E-state index is -1.08. The third-order valence-electron chi connectivity index (χ3n) is 3.58. The summed E-state index contributed by atoms with van der Waals surface area (Å²) in [6, 6.07) is 5.03. The number of benzene rings is 1. The van der Waals surface area contributed by atoms with Gasteiger partial charge < -0.3 is 10.1 Å². The van der Waals surface area contributed by atoms with E-state index in [1.807, 2.05) is 0 Å². The van der Waals surface area contributed by atoms with Gasteiger partial charge in [0.2, 0.25) is 11.8 Å². The number of esters is 1. The Balaban J connectivity index is 1.91. The second-order valence-corrected chi connectivity index (χ2v) is 5.89. The Morgan fingerprint density at radius 3 is 2.54 bits per heavy atom. The number of carbonyl (C=O) groups is 4. The minimum absolute atomic E-state index is 0.0934. The number of nitrogens with zero attached hydrogens (tertiary/aromatic N) is 1. The highest BCUT2D eigenvalue weighted by Gasteiger charge is 2.31. The summed E-state index contributed by atoms with van der Waals surface area (Å²) in [5.74, 6) is -2.18. The minimum Gasteiger partial charge on any atom is -0.451 e. The van der Waals surface area contributed by atoms with Crippen molar-refractivity contribution in [2.75, 3.05) is 11.9 Å². The van der Waals surface area contributed by atoms with Crippen LogP contribution in [0, 0.1) is 6.92 Å². The second kappa shape index (κ2) is 7.44. The van der Waals surface area contributed by atoms with E-state index in [0.717, 1.165) is 10.5 Å². The molecule has 0 aliphatic carbocycles. The quantitative estimate of drug-likeness (QED) is 0.642. The molecule has 0 saturated carbocycles. The number of imide groups is 1. The van der Waals surface area contributed by atoms with Gasteiger partial charge >= 0.3 is 5.97 Å². The van der Waals surface area contributed by atoms with E-state index >= 15 is 0 Å². The standard InChI is InChI=1S/C16H17ClN2O5/c1-9-3-4-11(17)7-12(9)18-16(23)10(2)24-15(22)8-19-13(20)5-6-14(19)21/h3-4,7,10H,5-6,8H2,1-2H3,(H,18,23). The first-order valence-electron chi connectivity index (χ1n) is 7.37. The van der Waals surface area contributed by atoms with Gasteiger partial charge in [0.05, 0.1) is 0 Å². The SMILES string of the molecule is Cc1ccc(Cl)cc1NC(=O)C(C)OC(=O)CN1C(=O)CCC1=O. The molecule has 2 rings (SSSR count). The molecule has 1 N–H and O–H groups in total. The zero-order valence-electron chi connectivity index (χ0n) is 13.3. The van der Waals surface area contributed by atoms with Crippen LogP contribution < -0.4 is 5.32 Å². The van der Waals surface area contributed by atoms with Gasteiger partial charge in [-0.3, -0.25) is 24.1 Å². The number of rotatable bonds is 5. The summed E-state index contributed by atoms with van der Waals surface area (Å²) in [6.07, 6.45) is -0.893. The van der Waals surface area contributed by atoms with Crippen molar-refractivity contribution in [3.63, 3.8) is 0 Å². The maximum atomic E-state index is 12.1. The van der Waals surface area contributed by atoms with Gasteiger partial charge in [-0.1, -0.05) is 17.7 Å². The Morgan fingerprint density at radius 2 is 1.92 bits per heavy atom. The molecule has 1 aliphatic rings. The molecule has 0 radical (unpaired) electrons. The molecule has 0 bridgehead atoms. The first kappa shape index (κ1) is 17.9. The van der Waals surface area contributed by atoms with E-state index < -0.39 is 36.3 Å². The van der Waals surface area contributed by atoms with Gasteiger partial charge in [-0.25, -0.2) is 0 Å². The molecule has 24 heavy (non-hydrogen) atoms. The fourth-order valence-corrected chi connectivity index (χ4v) is 2.35. The van der Waals surface area contributed by atoms with Crippen molar-refractivity contribution in [3.05, 3.63) is 28.8 Å². The molecule has 3 amide bonds. The molecular formula is C16H17ClN2O5. The van der Waals surface area contributed by atoms with Crippen molar-refractivity contribution in [3.8, 4) is 0 Å². The van der Waals surface area contributed by atoms with E-state index in [-0.39, 0.29) is 12.8 Å². The van der Waals surface area contributed by atoms with E-state index in [1.54, 1.807) is 25.1 Å². The van der Waals surface area contributed by atoms with Gasteiger partial charge in [0.15, 0.2) is 6.10 Å². The smallest absolute Gasteiger partial charge is 0.326 e. The first-order chi connectivity index (χ1) is 11.3. The lowest BCUT2D eigenvalue weighted by atomic mass is 10.2. The predicted molar refractivity (Wildman–Crippen MR) is 86.3 cm³/mol. The number of anilines is 1. The molecule has 1 aromatic rings. The van der Waals surface area contributed by atoms with Gasteiger partial charge in [0.1, 0.15) is 6.54 Å². The van der Waals surface area contributed by atoms with Crippen LogP contribution in [0.15, 0.2) is 18.2 Å². The van der Waals surface area contributed by atoms with Crippen LogP contribution in [0.25, 0.3) is 0 Å². The van der Waals surface area contributed by atoms with Crippen molar-refractivity contribution < 1.29 is 23.9 Å². The molecule has 0 aromatic heterocycles. The summed E-state index contributed by atoms with van der Waals surface area (Å²) in [5, 5.41) is 3.08. The average molecular weight is 353 g/mol. The molecule has 1 saturated heterocycles. The highest BCUT2D eigenvalue weighted by atomic mass is 35.5. The fraction of sp³-hybridized carbons (Fsp3) is 0.375. The highest BCUT2D eigenvalue weighted by Crippen LogP contribution is 2.20. The zero-order chi connectivity index (χ0) is 17.9. The van der Waals surface area contributed by atoms with Crippen molar-refractivity contribution in [2.45, 2.75) is 32.8 Å². The molecule has 8 heteroatoms. The van der Waals surface area contributed by atoms with E-state index in [1.165, 1.54) is 6.92 Å². The number of halogens is 1. The number of hydrogen-bond donors (Lipinski definition) is 1. The molecule has 1 unspecified atom stereocenters. The molecule has 1 atom stereocenters. The first-order valence-corrected chi connectivity index (χ1v) is 7.75. The average Bonchev–Trinajstić information content (AvgIpc) is 2.82. The monoisotopic (exact) mass is 352 g/mol. The molecule has 1 heterocycles. The highest BCUT2D eigenvalue weighted by molar-refractivity contribution is 6.31. The Labute approximate surface area is 143 Å². The largest absolute Gasteiger partial charge is 0.451 e. The van der Waals surface area contributed by atoms with Crippen molar-refractivity contribution >= 4 is 41.0 Å². The summed E-state index contributed by atoms with van der Waals surface area (Å²) in [5.41, 5.74) is 1.32. The molecule has 128 valence electrons. The van der Waals surface area contributed by atoms with E-state index in [4.69, 9.17) is 16.3 Å². The second-order valence-electron chi connectivity index (χ2n) is 5.45. The van der Waals surface area contributed by atoms with Crippen molar-refractivity contribution in [1.82, 2.24) is 4.90 Å². The Kier molecular flexibility index (Phi) is 5.56. The number of carbonyl (C=O) groups excluding carboxylic acids is 4. The number of hydrogen-bond acceptors (Lipinski definition) is 5. The Bertz CT molecular complexity index is 688. The predicted octanol–water partition coefficient (Wildman–Crippen LogP) is 1.67. The van der Waals surface area contributed by atoms with Crippen LogP contribution in [0.4, 0.5) is 5.69 Å². The maximum Gasteiger partial charge on any atom is 0.326 e. The third kappa shape index (κ3) is 4.32. The molecule has 0 spiro atoms. The molecule has 7 nitrogen and oxygen atoms in total. The maximum absolute atomic E-state index is 12.1. The number of nitrogens with one attached hydrogen (secondary N) is 1. The third-order valence-corrected chi connectivity index (χ3v) is 3.81. The Hall–Kier alpha value is -2.41. The van der Waals surface area contributed by atoms with Crippen LogP contribution in [0.3, 0.4) is 0 Å². The van der Waals surface area contributed by atoms with Gasteiger partial charge in [-0.05, 0) is 31.5 Å². The van der Waals surface area contributed by atoms with E-state index in [2.05, 4.69) is 5.32 Å². The van der Waals surface area contributed by atoms with Crippen molar-refractivity contribution in [1.29, 1.82) is 0 Å². The number of likely N-dealkylation sites (tertiary alicyclic amines) is 1. The van der Waals surface area contributed by atoms with Gasteiger partial charge in [-0.2, -0.15) is 0 Å². The van der Waals surface area contributed by atoms with Crippen LogP contribution in [-0.4, -0.2) is 41.2 Å². The van der Waals surface area contributed by atoms with Crippen LogP contribution >= 0.6 is 11.6 Å². The number of ether oxygens (including phenoxy) is 1. The number of aryl methyl sites for hydroxylation is 1. The summed E-state index contributed by atoms with van der Waals surface area (Å²) in [4.78, 5) is 47.7. The lowest BCUT2D eigenvalue weighted by molar-refractivity contribution is -0.158. The Morgan fingerprint density at radius 1 is 1.29 bits per heavy atom. The van der Waals surface area contributed by atoms with Crippen LogP contribution in [-0.2, 0) is 23.9 Å². The molecular weight excluding hydrogens is 336 g/mol. The van der Waals surface area contributed by atoms with Gasteiger partial charge in [0, 0.05) is 23.6 Å². The van der Waals surface area contributed by atoms with Crippen LogP contribution in [0.1, 0.15) is 25.3 Å². The topological polar surface area (TPSA) is 92.8 Å². The van der Waals surface area contributed by atoms with Gasteiger partial charge in [-0.15, -0.1) is 0 Å².